The van der Waals surface area contributed by atoms with Crippen LogP contribution in [-0.2, 0) is 20.9 Å². The van der Waals surface area contributed by atoms with Crippen LogP contribution >= 0.6 is 11.8 Å². The molecule has 1 aromatic carbocycles. The molecule has 3 aliphatic heterocycles. The van der Waals surface area contributed by atoms with E-state index in [0.717, 1.165) is 18.4 Å². The number of carbonyl (C=O) groups is 3. The van der Waals surface area contributed by atoms with E-state index >= 15 is 0 Å². The van der Waals surface area contributed by atoms with Gasteiger partial charge in [0.05, 0.1) is 29.2 Å². The number of thioether (sulfide) groups is 1. The molecule has 0 aliphatic carbocycles. The van der Waals surface area contributed by atoms with Gasteiger partial charge in [-0.3, -0.25) is 14.4 Å². The fourth-order valence-corrected chi connectivity index (χ4v) is 9.11. The second-order valence-electron chi connectivity index (χ2n) is 11.4. The van der Waals surface area contributed by atoms with Gasteiger partial charge in [-0.25, -0.2) is 0 Å². The van der Waals surface area contributed by atoms with Gasteiger partial charge < -0.3 is 19.8 Å². The van der Waals surface area contributed by atoms with E-state index in [9.17, 15) is 19.5 Å². The lowest BCUT2D eigenvalue weighted by Gasteiger charge is -2.40. The smallest absolute Gasteiger partial charge is 0.247 e. The Hall–Kier alpha value is -2.58. The summed E-state index contributed by atoms with van der Waals surface area (Å²) >= 11 is 1.67. The summed E-state index contributed by atoms with van der Waals surface area (Å²) in [7, 11) is 0. The van der Waals surface area contributed by atoms with Gasteiger partial charge in [-0.1, -0.05) is 63.3 Å². The number of aliphatic hydroxyl groups excluding tert-OH is 1. The lowest BCUT2D eigenvalue weighted by molar-refractivity contribution is -0.148. The minimum absolute atomic E-state index is 0.00155. The average Bonchev–Trinajstić information content (AvgIpc) is 3.56. The second-order valence-corrected chi connectivity index (χ2v) is 13.0. The van der Waals surface area contributed by atoms with Crippen LogP contribution in [0.15, 0.2) is 55.6 Å². The third kappa shape index (κ3) is 5.18. The molecule has 0 aromatic heterocycles. The summed E-state index contributed by atoms with van der Waals surface area (Å²) in [6.07, 6.45) is 5.76. The van der Waals surface area contributed by atoms with Gasteiger partial charge in [0.15, 0.2) is 0 Å². The molecule has 3 amide bonds. The van der Waals surface area contributed by atoms with Gasteiger partial charge in [0.2, 0.25) is 17.7 Å². The van der Waals surface area contributed by atoms with Crippen LogP contribution in [0.25, 0.3) is 0 Å². The van der Waals surface area contributed by atoms with Crippen molar-refractivity contribution in [2.24, 2.45) is 17.8 Å². The molecule has 0 saturated carbocycles. The first-order valence-corrected chi connectivity index (χ1v) is 15.1. The molecule has 0 radical (unpaired) electrons. The van der Waals surface area contributed by atoms with Crippen LogP contribution in [0.5, 0.6) is 0 Å². The molecule has 3 aliphatic rings. The van der Waals surface area contributed by atoms with Gasteiger partial charge in [0.25, 0.3) is 0 Å². The summed E-state index contributed by atoms with van der Waals surface area (Å²) in [5, 5.41) is 10.5. The van der Waals surface area contributed by atoms with Crippen molar-refractivity contribution in [2.75, 3.05) is 26.2 Å². The van der Waals surface area contributed by atoms with Crippen molar-refractivity contribution < 1.29 is 19.5 Å². The normalized spacial score (nSPS) is 27.9. The molecule has 3 fully saturated rings. The Morgan fingerprint density at radius 3 is 2.41 bits per heavy atom. The maximum atomic E-state index is 14.6. The Morgan fingerprint density at radius 1 is 1.15 bits per heavy atom. The van der Waals surface area contributed by atoms with Crippen molar-refractivity contribution in [3.63, 3.8) is 0 Å². The zero-order valence-corrected chi connectivity index (χ0v) is 24.3. The van der Waals surface area contributed by atoms with Crippen molar-refractivity contribution in [3.05, 3.63) is 61.2 Å². The number of hydrogen-bond donors (Lipinski definition) is 1. The molecule has 1 aromatic rings. The molecular formula is C31H43N3O4S. The molecule has 212 valence electrons. The predicted molar refractivity (Wildman–Crippen MR) is 156 cm³/mol. The summed E-state index contributed by atoms with van der Waals surface area (Å²) < 4.78 is -0.691. The molecule has 4 rings (SSSR count). The Kier molecular flexibility index (Phi) is 9.27. The van der Waals surface area contributed by atoms with Crippen molar-refractivity contribution in [1.29, 1.82) is 0 Å². The summed E-state index contributed by atoms with van der Waals surface area (Å²) in [5.41, 5.74) is 0.997. The Morgan fingerprint density at radius 2 is 1.82 bits per heavy atom. The van der Waals surface area contributed by atoms with Crippen LogP contribution in [0.4, 0.5) is 0 Å². The van der Waals surface area contributed by atoms with Gasteiger partial charge in [-0.15, -0.1) is 24.9 Å². The lowest BCUT2D eigenvalue weighted by Crippen LogP contribution is -2.58. The number of hydrogen-bond acceptors (Lipinski definition) is 5. The summed E-state index contributed by atoms with van der Waals surface area (Å²) in [5.74, 6) is -1.42. The van der Waals surface area contributed by atoms with Crippen LogP contribution in [0.2, 0.25) is 0 Å². The quantitative estimate of drug-likeness (QED) is 0.377. The van der Waals surface area contributed by atoms with Gasteiger partial charge in [0, 0.05) is 31.4 Å². The molecular weight excluding hydrogens is 510 g/mol. The zero-order valence-electron chi connectivity index (χ0n) is 23.5. The van der Waals surface area contributed by atoms with Crippen molar-refractivity contribution >= 4 is 29.5 Å². The first kappa shape index (κ1) is 29.4. The van der Waals surface area contributed by atoms with Crippen molar-refractivity contribution in [1.82, 2.24) is 14.7 Å². The Labute approximate surface area is 237 Å². The van der Waals surface area contributed by atoms with Crippen LogP contribution in [0.1, 0.15) is 45.6 Å². The number of rotatable bonds is 13. The Bertz CT molecular complexity index is 1080. The van der Waals surface area contributed by atoms with E-state index in [1.165, 1.54) is 0 Å². The van der Waals surface area contributed by atoms with Gasteiger partial charge in [0.1, 0.15) is 6.04 Å². The first-order valence-electron chi connectivity index (χ1n) is 14.2. The van der Waals surface area contributed by atoms with E-state index in [1.807, 2.05) is 56.0 Å². The molecule has 39 heavy (non-hydrogen) atoms. The maximum absolute atomic E-state index is 14.6. The molecule has 3 saturated heterocycles. The highest BCUT2D eigenvalue weighted by Gasteiger charge is 2.74. The molecule has 1 N–H and O–H groups in total. The third-order valence-corrected chi connectivity index (χ3v) is 10.6. The van der Waals surface area contributed by atoms with Gasteiger partial charge >= 0.3 is 0 Å². The number of carbonyl (C=O) groups excluding carboxylic acids is 3. The van der Waals surface area contributed by atoms with E-state index in [2.05, 4.69) is 13.2 Å². The molecule has 6 atom stereocenters. The monoisotopic (exact) mass is 553 g/mol. The van der Waals surface area contributed by atoms with E-state index in [0.29, 0.717) is 32.6 Å². The number of fused-ring (bicyclic) bond motifs is 1. The van der Waals surface area contributed by atoms with E-state index in [-0.39, 0.29) is 35.5 Å². The molecule has 8 heteroatoms. The summed E-state index contributed by atoms with van der Waals surface area (Å²) in [6.45, 7) is 15.2. The number of amides is 3. The number of likely N-dealkylation sites (tertiary alicyclic amines) is 1. The van der Waals surface area contributed by atoms with Crippen molar-refractivity contribution in [3.8, 4) is 0 Å². The number of aliphatic hydroxyl groups is 1. The SMILES string of the molecule is C=CCN(Cc1ccccc1)C(=O)C1N([C@@H](CO)C(C)C)C(=O)[C@@H]2[C@H](C(=O)N(CC=C)CCC)[C@@H]3CCC12S3. The summed E-state index contributed by atoms with van der Waals surface area (Å²) in [4.78, 5) is 48.2. The first-order chi connectivity index (χ1) is 18.7. The molecule has 3 heterocycles. The summed E-state index contributed by atoms with van der Waals surface area (Å²) in [6, 6.07) is 8.55. The predicted octanol–water partition coefficient (Wildman–Crippen LogP) is 3.73. The Balaban J connectivity index is 1.77. The molecule has 7 nitrogen and oxygen atoms in total. The van der Waals surface area contributed by atoms with Crippen LogP contribution in [0.3, 0.4) is 0 Å². The molecule has 2 bridgehead atoms. The number of benzene rings is 1. The fraction of sp³-hybridized carbons (Fsp3) is 0.581. The topological polar surface area (TPSA) is 81.2 Å². The average molecular weight is 554 g/mol. The zero-order chi connectivity index (χ0) is 28.3. The minimum atomic E-state index is -0.745. The highest BCUT2D eigenvalue weighted by atomic mass is 32.2. The van der Waals surface area contributed by atoms with E-state index < -0.39 is 28.7 Å². The highest BCUT2D eigenvalue weighted by molar-refractivity contribution is 8.02. The highest BCUT2D eigenvalue weighted by Crippen LogP contribution is 2.67. The maximum Gasteiger partial charge on any atom is 0.247 e. The van der Waals surface area contributed by atoms with Gasteiger partial charge in [-0.2, -0.15) is 0 Å². The van der Waals surface area contributed by atoms with Gasteiger partial charge in [-0.05, 0) is 30.7 Å². The fourth-order valence-electron chi connectivity index (χ4n) is 6.92. The van der Waals surface area contributed by atoms with E-state index in [1.54, 1.807) is 33.7 Å². The molecule has 1 spiro atoms. The third-order valence-electron chi connectivity index (χ3n) is 8.60. The van der Waals surface area contributed by atoms with Crippen LogP contribution in [-0.4, -0.2) is 85.8 Å². The standard InChI is InChI=1S/C31H43N3O4S/c1-6-16-32(17-7-2)28(36)25-24-14-15-31(39-24)26(25)29(37)34(23(20-35)21(4)5)27(31)30(38)33(18-8-3)19-22-12-10-9-11-13-22/h6,8-13,21,23-27,35H,1,3,7,14-20H2,2,4-5H3/t23-,24-,25+,26-,27?,31?/m0/s1. The van der Waals surface area contributed by atoms with Crippen molar-refractivity contribution in [2.45, 2.75) is 68.7 Å². The largest absolute Gasteiger partial charge is 0.394 e. The van der Waals surface area contributed by atoms with E-state index in [4.69, 9.17) is 0 Å². The van der Waals surface area contributed by atoms with Crippen LogP contribution < -0.4 is 0 Å². The minimum Gasteiger partial charge on any atom is -0.394 e. The lowest BCUT2D eigenvalue weighted by atomic mass is 9.70. The molecule has 2 unspecified atom stereocenters. The number of nitrogens with zero attached hydrogens (tertiary/aromatic N) is 3. The second kappa shape index (κ2) is 12.3. The van der Waals surface area contributed by atoms with Crippen LogP contribution in [0, 0.1) is 17.8 Å².